The Hall–Kier alpha value is -3.45. The summed E-state index contributed by atoms with van der Waals surface area (Å²) in [5.41, 5.74) is 2.33. The number of thiazole rings is 1. The molecule has 0 atom stereocenters. The molecule has 6 nitrogen and oxygen atoms in total. The van der Waals surface area contributed by atoms with Gasteiger partial charge in [-0.3, -0.25) is 9.59 Å². The summed E-state index contributed by atoms with van der Waals surface area (Å²) in [5, 5.41) is 1.71. The van der Waals surface area contributed by atoms with Crippen molar-refractivity contribution >= 4 is 44.2 Å². The van der Waals surface area contributed by atoms with E-state index in [1.54, 1.807) is 10.6 Å². The summed E-state index contributed by atoms with van der Waals surface area (Å²) in [5.74, 6) is -0.331. The second-order valence-electron chi connectivity index (χ2n) is 7.03. The minimum Gasteiger partial charge on any atom is -0.493 e. The van der Waals surface area contributed by atoms with E-state index in [1.807, 2.05) is 62.4 Å². The number of benzene rings is 3. The number of hydrogen-bond donors (Lipinski definition) is 0. The van der Waals surface area contributed by atoms with Crippen LogP contribution in [0, 0.1) is 6.92 Å². The number of nitrogens with zero attached hydrogens (tertiary/aromatic N) is 2. The maximum atomic E-state index is 13.4. The van der Waals surface area contributed by atoms with Crippen LogP contribution in [0.1, 0.15) is 22.8 Å². The number of esters is 1. The highest BCUT2D eigenvalue weighted by atomic mass is 32.1. The minimum absolute atomic E-state index is 0.0282. The van der Waals surface area contributed by atoms with Crippen molar-refractivity contribution in [1.29, 1.82) is 0 Å². The van der Waals surface area contributed by atoms with E-state index < -0.39 is 11.9 Å². The number of carbonyl (C=O) groups excluding carboxylic acids is 2. The Labute approximate surface area is 183 Å². The molecule has 0 bridgehead atoms. The first-order valence-electron chi connectivity index (χ1n) is 9.92. The standard InChI is InChI=1S/C24H22N2O4S/c1-4-30-19-12-10-16-7-5-6-8-17(16)22(19)23(28)25-24-26(14-21(27)29-3)18-11-9-15(2)13-20(18)31-24/h5-13H,4,14H2,1-3H3. The smallest absolute Gasteiger partial charge is 0.325 e. The molecule has 0 radical (unpaired) electrons. The Balaban J connectivity index is 1.93. The molecule has 4 aromatic rings. The summed E-state index contributed by atoms with van der Waals surface area (Å²) >= 11 is 1.37. The van der Waals surface area contributed by atoms with Gasteiger partial charge in [-0.25, -0.2) is 0 Å². The number of aryl methyl sites for hydroxylation is 1. The Morgan fingerprint density at radius 3 is 2.68 bits per heavy atom. The number of rotatable bonds is 5. The Kier molecular flexibility index (Phi) is 5.86. The first-order valence-corrected chi connectivity index (χ1v) is 10.7. The third-order valence-electron chi connectivity index (χ3n) is 4.95. The molecule has 0 saturated heterocycles. The zero-order valence-electron chi connectivity index (χ0n) is 17.5. The first kappa shape index (κ1) is 20.8. The third kappa shape index (κ3) is 4.09. The van der Waals surface area contributed by atoms with Crippen molar-refractivity contribution in [3.63, 3.8) is 0 Å². The van der Waals surface area contributed by atoms with E-state index in [4.69, 9.17) is 9.47 Å². The molecule has 1 amide bonds. The van der Waals surface area contributed by atoms with Crippen molar-refractivity contribution in [2.45, 2.75) is 20.4 Å². The second-order valence-corrected chi connectivity index (χ2v) is 8.04. The average molecular weight is 435 g/mol. The molecule has 0 fully saturated rings. The monoisotopic (exact) mass is 434 g/mol. The van der Waals surface area contributed by atoms with Crippen LogP contribution in [0.2, 0.25) is 0 Å². The quantitative estimate of drug-likeness (QED) is 0.435. The molecule has 1 heterocycles. The summed E-state index contributed by atoms with van der Waals surface area (Å²) < 4.78 is 13.2. The van der Waals surface area contributed by atoms with E-state index in [9.17, 15) is 9.59 Å². The largest absolute Gasteiger partial charge is 0.493 e. The lowest BCUT2D eigenvalue weighted by Crippen LogP contribution is -2.22. The Bertz CT molecular complexity index is 1370. The van der Waals surface area contributed by atoms with Crippen molar-refractivity contribution in [2.24, 2.45) is 4.99 Å². The van der Waals surface area contributed by atoms with Crippen molar-refractivity contribution in [3.05, 3.63) is 70.5 Å². The predicted octanol–water partition coefficient (Wildman–Crippen LogP) is 4.48. The zero-order chi connectivity index (χ0) is 22.0. The molecule has 0 aliphatic carbocycles. The van der Waals surface area contributed by atoms with E-state index in [-0.39, 0.29) is 6.54 Å². The lowest BCUT2D eigenvalue weighted by Gasteiger charge is -2.10. The first-order chi connectivity index (χ1) is 15.0. The van der Waals surface area contributed by atoms with Gasteiger partial charge in [-0.1, -0.05) is 47.7 Å². The predicted molar refractivity (Wildman–Crippen MR) is 122 cm³/mol. The van der Waals surface area contributed by atoms with Crippen LogP contribution in [0.3, 0.4) is 0 Å². The van der Waals surface area contributed by atoms with Crippen LogP contribution in [0.25, 0.3) is 21.0 Å². The Morgan fingerprint density at radius 2 is 1.90 bits per heavy atom. The minimum atomic E-state index is -0.415. The molecule has 0 N–H and O–H groups in total. The van der Waals surface area contributed by atoms with Crippen molar-refractivity contribution < 1.29 is 19.1 Å². The highest BCUT2D eigenvalue weighted by Gasteiger charge is 2.18. The van der Waals surface area contributed by atoms with Gasteiger partial charge in [0.25, 0.3) is 5.91 Å². The fourth-order valence-corrected chi connectivity index (χ4v) is 4.63. The molecular weight excluding hydrogens is 412 g/mol. The van der Waals surface area contributed by atoms with Gasteiger partial charge in [-0.15, -0.1) is 0 Å². The number of hydrogen-bond acceptors (Lipinski definition) is 5. The lowest BCUT2D eigenvalue weighted by atomic mass is 10.0. The molecule has 0 aliphatic rings. The van der Waals surface area contributed by atoms with Crippen LogP contribution in [0.5, 0.6) is 5.75 Å². The highest BCUT2D eigenvalue weighted by Crippen LogP contribution is 2.29. The summed E-state index contributed by atoms with van der Waals surface area (Å²) in [6.45, 7) is 4.28. The van der Waals surface area contributed by atoms with Crippen LogP contribution in [0.4, 0.5) is 0 Å². The summed E-state index contributed by atoms with van der Waals surface area (Å²) in [6, 6.07) is 17.3. The van der Waals surface area contributed by atoms with Gasteiger partial charge in [0.1, 0.15) is 12.3 Å². The van der Waals surface area contributed by atoms with E-state index in [0.717, 1.165) is 26.6 Å². The number of carbonyl (C=O) groups is 2. The average Bonchev–Trinajstić information content (AvgIpc) is 3.09. The molecule has 1 aromatic heterocycles. The summed E-state index contributed by atoms with van der Waals surface area (Å²) in [7, 11) is 1.34. The molecule has 0 aliphatic heterocycles. The normalized spacial score (nSPS) is 11.8. The van der Waals surface area contributed by atoms with Gasteiger partial charge >= 0.3 is 5.97 Å². The maximum Gasteiger partial charge on any atom is 0.325 e. The molecule has 0 unspecified atom stereocenters. The fourth-order valence-electron chi connectivity index (χ4n) is 3.50. The third-order valence-corrected chi connectivity index (χ3v) is 6.00. The fraction of sp³-hybridized carbons (Fsp3) is 0.208. The van der Waals surface area contributed by atoms with Crippen molar-refractivity contribution in [1.82, 2.24) is 4.57 Å². The van der Waals surface area contributed by atoms with E-state index in [0.29, 0.717) is 22.7 Å². The van der Waals surface area contributed by atoms with Gasteiger partial charge in [0.15, 0.2) is 4.80 Å². The van der Waals surface area contributed by atoms with Crippen LogP contribution in [0.15, 0.2) is 59.6 Å². The molecule has 7 heteroatoms. The van der Waals surface area contributed by atoms with Gasteiger partial charge < -0.3 is 14.0 Å². The molecule has 4 rings (SSSR count). The molecule has 3 aromatic carbocycles. The molecule has 0 spiro atoms. The number of aromatic nitrogens is 1. The SMILES string of the molecule is CCOc1ccc2ccccc2c1C(=O)N=c1sc2cc(C)ccc2n1CC(=O)OC. The van der Waals surface area contributed by atoms with Gasteiger partial charge in [-0.2, -0.15) is 4.99 Å². The number of methoxy groups -OCH3 is 1. The van der Waals surface area contributed by atoms with Crippen LogP contribution >= 0.6 is 11.3 Å². The maximum absolute atomic E-state index is 13.4. The Morgan fingerprint density at radius 1 is 1.10 bits per heavy atom. The van der Waals surface area contributed by atoms with Crippen molar-refractivity contribution in [2.75, 3.05) is 13.7 Å². The van der Waals surface area contributed by atoms with Crippen LogP contribution in [-0.2, 0) is 16.1 Å². The lowest BCUT2D eigenvalue weighted by molar-refractivity contribution is -0.141. The van der Waals surface area contributed by atoms with Gasteiger partial charge in [0.05, 0.1) is 29.5 Å². The van der Waals surface area contributed by atoms with E-state index in [2.05, 4.69) is 4.99 Å². The second kappa shape index (κ2) is 8.73. The molecular formula is C24H22N2O4S. The van der Waals surface area contributed by atoms with Crippen LogP contribution in [-0.4, -0.2) is 30.2 Å². The van der Waals surface area contributed by atoms with Crippen molar-refractivity contribution in [3.8, 4) is 5.75 Å². The number of amides is 1. The molecule has 0 saturated carbocycles. The summed E-state index contributed by atoms with van der Waals surface area (Å²) in [6.07, 6.45) is 0. The summed E-state index contributed by atoms with van der Waals surface area (Å²) in [4.78, 5) is 30.3. The van der Waals surface area contributed by atoms with Crippen LogP contribution < -0.4 is 9.54 Å². The highest BCUT2D eigenvalue weighted by molar-refractivity contribution is 7.16. The van der Waals surface area contributed by atoms with E-state index >= 15 is 0 Å². The molecule has 158 valence electrons. The van der Waals surface area contributed by atoms with Gasteiger partial charge in [0, 0.05) is 0 Å². The van der Waals surface area contributed by atoms with Gasteiger partial charge in [-0.05, 0) is 48.4 Å². The zero-order valence-corrected chi connectivity index (χ0v) is 18.4. The van der Waals surface area contributed by atoms with Gasteiger partial charge in [0.2, 0.25) is 0 Å². The topological polar surface area (TPSA) is 69.9 Å². The number of fused-ring (bicyclic) bond motifs is 2. The number of ether oxygens (including phenoxy) is 2. The molecule has 31 heavy (non-hydrogen) atoms. The van der Waals surface area contributed by atoms with E-state index in [1.165, 1.54) is 18.4 Å².